The number of fused-ring (bicyclic) bond motifs is 1. The van der Waals surface area contributed by atoms with E-state index in [1.165, 1.54) is 41.7 Å². The van der Waals surface area contributed by atoms with Crippen LogP contribution in [0.2, 0.25) is 0 Å². The number of aromatic nitrogens is 1. The number of esters is 1. The molecule has 1 N–H and O–H groups in total. The number of methoxy groups -OCH3 is 1. The minimum absolute atomic E-state index is 0.312. The largest absolute Gasteiger partial charge is 0.465 e. The van der Waals surface area contributed by atoms with Crippen LogP contribution in [-0.4, -0.2) is 18.1 Å². The predicted octanol–water partition coefficient (Wildman–Crippen LogP) is 3.48. The highest BCUT2D eigenvalue weighted by molar-refractivity contribution is 7.17. The van der Waals surface area contributed by atoms with Crippen LogP contribution in [0, 0.1) is 0 Å². The summed E-state index contributed by atoms with van der Waals surface area (Å²) in [6.45, 7) is 0. The molecule has 3 rings (SSSR count). The fourth-order valence-corrected chi connectivity index (χ4v) is 4.10. The maximum atomic E-state index is 11.4. The number of nitrogens with zero attached hydrogens (tertiary/aromatic N) is 1. The number of hydrogen-bond acceptors (Lipinski definition) is 6. The average molecular weight is 294 g/mol. The fourth-order valence-electron chi connectivity index (χ4n) is 2.32. The molecule has 0 bridgehead atoms. The van der Waals surface area contributed by atoms with E-state index < -0.39 is 0 Å². The molecule has 1 atom stereocenters. The zero-order valence-electron chi connectivity index (χ0n) is 10.5. The third-order valence-corrected chi connectivity index (χ3v) is 5.15. The summed E-state index contributed by atoms with van der Waals surface area (Å²) in [7, 11) is 1.38. The lowest BCUT2D eigenvalue weighted by Crippen LogP contribution is -2.15. The first-order valence-electron chi connectivity index (χ1n) is 6.15. The van der Waals surface area contributed by atoms with Crippen molar-refractivity contribution in [3.05, 3.63) is 33.0 Å². The molecule has 19 heavy (non-hydrogen) atoms. The minimum Gasteiger partial charge on any atom is -0.465 e. The molecule has 2 heterocycles. The Kier molecular flexibility index (Phi) is 3.52. The van der Waals surface area contributed by atoms with Gasteiger partial charge in [-0.25, -0.2) is 9.78 Å². The Labute approximate surface area is 119 Å². The molecule has 4 nitrogen and oxygen atoms in total. The van der Waals surface area contributed by atoms with Gasteiger partial charge in [0.2, 0.25) is 0 Å². The highest BCUT2D eigenvalue weighted by Gasteiger charge is 2.22. The van der Waals surface area contributed by atoms with Gasteiger partial charge in [0.25, 0.3) is 0 Å². The summed E-state index contributed by atoms with van der Waals surface area (Å²) in [6, 6.07) is 2.50. The van der Waals surface area contributed by atoms with Gasteiger partial charge in [0.1, 0.15) is 4.88 Å². The predicted molar refractivity (Wildman–Crippen MR) is 77.1 cm³/mol. The molecule has 6 heteroatoms. The van der Waals surface area contributed by atoms with Crippen LogP contribution in [0.4, 0.5) is 5.13 Å². The molecule has 100 valence electrons. The van der Waals surface area contributed by atoms with Crippen LogP contribution in [-0.2, 0) is 11.2 Å². The lowest BCUT2D eigenvalue weighted by Gasteiger charge is -2.23. The minimum atomic E-state index is -0.328. The summed E-state index contributed by atoms with van der Waals surface area (Å²) in [6.07, 6.45) is 5.05. The molecule has 0 aliphatic heterocycles. The van der Waals surface area contributed by atoms with Crippen molar-refractivity contribution in [2.75, 3.05) is 12.4 Å². The van der Waals surface area contributed by atoms with E-state index in [0.717, 1.165) is 11.6 Å². The Bertz CT molecular complexity index is 591. The first kappa shape index (κ1) is 12.6. The number of carbonyl (C=O) groups excluding carboxylic acids is 1. The standard InChI is InChI=1S/C13H14N2O2S2/c1-17-12(16)11-7-14-13(19-11)15-9-3-2-4-10-8(9)5-6-18-10/h5-7,9H,2-4H2,1H3,(H,14,15). The summed E-state index contributed by atoms with van der Waals surface area (Å²) in [5, 5.41) is 6.36. The Morgan fingerprint density at radius 3 is 3.32 bits per heavy atom. The lowest BCUT2D eigenvalue weighted by molar-refractivity contribution is 0.0606. The number of aryl methyl sites for hydroxylation is 1. The summed E-state index contributed by atoms with van der Waals surface area (Å²) < 4.78 is 4.69. The van der Waals surface area contributed by atoms with Gasteiger partial charge in [-0.05, 0) is 36.3 Å². The second-order valence-electron chi connectivity index (χ2n) is 4.41. The number of rotatable bonds is 3. The van der Waals surface area contributed by atoms with Gasteiger partial charge in [0.15, 0.2) is 5.13 Å². The average Bonchev–Trinajstić information content (AvgIpc) is 3.07. The van der Waals surface area contributed by atoms with E-state index in [2.05, 4.69) is 26.5 Å². The van der Waals surface area contributed by atoms with Gasteiger partial charge in [0, 0.05) is 4.88 Å². The number of thiazole rings is 1. The lowest BCUT2D eigenvalue weighted by atomic mass is 9.94. The Morgan fingerprint density at radius 1 is 1.58 bits per heavy atom. The van der Waals surface area contributed by atoms with Crippen LogP contribution in [0.25, 0.3) is 0 Å². The molecule has 0 aromatic carbocycles. The van der Waals surface area contributed by atoms with Gasteiger partial charge in [0.05, 0.1) is 19.3 Å². The Balaban J connectivity index is 1.76. The van der Waals surface area contributed by atoms with Gasteiger partial charge in [-0.2, -0.15) is 0 Å². The molecule has 0 amide bonds. The maximum absolute atomic E-state index is 11.4. The van der Waals surface area contributed by atoms with Crippen molar-refractivity contribution >= 4 is 33.8 Å². The second-order valence-corrected chi connectivity index (χ2v) is 6.44. The molecule has 1 aliphatic carbocycles. The topological polar surface area (TPSA) is 51.2 Å². The van der Waals surface area contributed by atoms with Gasteiger partial charge in [-0.3, -0.25) is 0 Å². The van der Waals surface area contributed by atoms with Gasteiger partial charge in [-0.1, -0.05) is 11.3 Å². The number of ether oxygens (including phenoxy) is 1. The molecule has 2 aromatic rings. The fraction of sp³-hybridized carbons (Fsp3) is 0.385. The van der Waals surface area contributed by atoms with Crippen molar-refractivity contribution in [3.63, 3.8) is 0 Å². The molecule has 0 fully saturated rings. The Hall–Kier alpha value is -1.40. The highest BCUT2D eigenvalue weighted by Crippen LogP contribution is 2.36. The second kappa shape index (κ2) is 5.30. The van der Waals surface area contributed by atoms with E-state index in [0.29, 0.717) is 10.9 Å². The van der Waals surface area contributed by atoms with Crippen molar-refractivity contribution in [2.24, 2.45) is 0 Å². The first-order chi connectivity index (χ1) is 9.28. The number of thiophene rings is 1. The maximum Gasteiger partial charge on any atom is 0.349 e. The van der Waals surface area contributed by atoms with E-state index in [-0.39, 0.29) is 5.97 Å². The van der Waals surface area contributed by atoms with Crippen molar-refractivity contribution in [2.45, 2.75) is 25.3 Å². The van der Waals surface area contributed by atoms with Crippen molar-refractivity contribution < 1.29 is 9.53 Å². The molecule has 0 spiro atoms. The molecule has 2 aromatic heterocycles. The zero-order valence-corrected chi connectivity index (χ0v) is 12.1. The number of nitrogens with one attached hydrogen (secondary N) is 1. The third-order valence-electron chi connectivity index (χ3n) is 3.24. The Morgan fingerprint density at radius 2 is 2.47 bits per heavy atom. The molecular weight excluding hydrogens is 280 g/mol. The van der Waals surface area contributed by atoms with E-state index in [4.69, 9.17) is 0 Å². The van der Waals surface area contributed by atoms with Gasteiger partial charge < -0.3 is 10.1 Å². The van der Waals surface area contributed by atoms with Crippen LogP contribution in [0.1, 0.15) is 39.0 Å². The summed E-state index contributed by atoms with van der Waals surface area (Å²) >= 11 is 3.17. The number of anilines is 1. The molecule has 0 saturated carbocycles. The van der Waals surface area contributed by atoms with Crippen LogP contribution in [0.5, 0.6) is 0 Å². The third kappa shape index (κ3) is 2.50. The summed E-state index contributed by atoms with van der Waals surface area (Å²) in [4.78, 5) is 17.6. The zero-order chi connectivity index (χ0) is 13.2. The molecule has 0 radical (unpaired) electrons. The summed E-state index contributed by atoms with van der Waals surface area (Å²) in [5.41, 5.74) is 1.38. The van der Waals surface area contributed by atoms with E-state index in [9.17, 15) is 4.79 Å². The summed E-state index contributed by atoms with van der Waals surface area (Å²) in [5.74, 6) is -0.328. The number of hydrogen-bond donors (Lipinski definition) is 1. The van der Waals surface area contributed by atoms with Gasteiger partial charge >= 0.3 is 5.97 Å². The van der Waals surface area contributed by atoms with Crippen LogP contribution in [0.15, 0.2) is 17.6 Å². The molecule has 0 saturated heterocycles. The highest BCUT2D eigenvalue weighted by atomic mass is 32.1. The SMILES string of the molecule is COC(=O)c1cnc(NC2CCCc3sccc32)s1. The van der Waals surface area contributed by atoms with E-state index in [1.54, 1.807) is 6.20 Å². The monoisotopic (exact) mass is 294 g/mol. The molecule has 1 aliphatic rings. The normalized spacial score (nSPS) is 17.8. The van der Waals surface area contributed by atoms with E-state index >= 15 is 0 Å². The molecule has 1 unspecified atom stereocenters. The van der Waals surface area contributed by atoms with Crippen LogP contribution < -0.4 is 5.32 Å². The molecular formula is C13H14N2O2S2. The smallest absolute Gasteiger partial charge is 0.349 e. The van der Waals surface area contributed by atoms with Crippen LogP contribution >= 0.6 is 22.7 Å². The van der Waals surface area contributed by atoms with Crippen molar-refractivity contribution in [1.29, 1.82) is 0 Å². The van der Waals surface area contributed by atoms with Crippen LogP contribution in [0.3, 0.4) is 0 Å². The van der Waals surface area contributed by atoms with Crippen molar-refractivity contribution in [3.8, 4) is 0 Å². The first-order valence-corrected chi connectivity index (χ1v) is 7.84. The quantitative estimate of drug-likeness (QED) is 0.881. The van der Waals surface area contributed by atoms with Gasteiger partial charge in [-0.15, -0.1) is 11.3 Å². The van der Waals surface area contributed by atoms with E-state index in [1.807, 2.05) is 11.3 Å². The number of carbonyl (C=O) groups is 1. The van der Waals surface area contributed by atoms with Crippen molar-refractivity contribution in [1.82, 2.24) is 4.98 Å².